The lowest BCUT2D eigenvalue weighted by molar-refractivity contribution is 0.470. The average molecular weight is 412 g/mol. The summed E-state index contributed by atoms with van der Waals surface area (Å²) in [5.74, 6) is 1.77. The molecule has 1 nitrogen and oxygen atoms in total. The Hall–Kier alpha value is -2.97. The van der Waals surface area contributed by atoms with Gasteiger partial charge in [0.2, 0.25) is 4.90 Å². The van der Waals surface area contributed by atoms with Crippen LogP contribution in [0.2, 0.25) is 0 Å². The van der Waals surface area contributed by atoms with E-state index >= 15 is 0 Å². The SMILES string of the molecule is Cc1ccc(C)c([S+](c2cc(C)ccc2C)c2ccccc2Oc2ccccc2)c1. The first-order valence-electron chi connectivity index (χ1n) is 10.2. The van der Waals surface area contributed by atoms with Gasteiger partial charge in [0, 0.05) is 11.1 Å². The van der Waals surface area contributed by atoms with E-state index in [0.717, 1.165) is 11.5 Å². The molecular weight excluding hydrogens is 384 g/mol. The van der Waals surface area contributed by atoms with Gasteiger partial charge in [-0.2, -0.15) is 0 Å². The van der Waals surface area contributed by atoms with Crippen LogP contribution in [-0.4, -0.2) is 0 Å². The van der Waals surface area contributed by atoms with Gasteiger partial charge in [0.25, 0.3) is 0 Å². The molecule has 0 bridgehead atoms. The molecule has 0 aliphatic carbocycles. The van der Waals surface area contributed by atoms with Crippen molar-refractivity contribution in [2.45, 2.75) is 42.4 Å². The molecule has 150 valence electrons. The van der Waals surface area contributed by atoms with Crippen molar-refractivity contribution in [2.75, 3.05) is 0 Å². The van der Waals surface area contributed by atoms with Gasteiger partial charge in [-0.05, 0) is 75.2 Å². The Labute approximate surface area is 182 Å². The molecule has 0 N–H and O–H groups in total. The smallest absolute Gasteiger partial charge is 0.208 e. The molecule has 0 unspecified atom stereocenters. The van der Waals surface area contributed by atoms with E-state index in [2.05, 4.69) is 88.4 Å². The first kappa shape index (κ1) is 20.3. The first-order valence-corrected chi connectivity index (χ1v) is 11.5. The summed E-state index contributed by atoms with van der Waals surface area (Å²) in [6.45, 7) is 8.75. The van der Waals surface area contributed by atoms with Crippen LogP contribution < -0.4 is 4.74 Å². The molecule has 2 heteroatoms. The maximum Gasteiger partial charge on any atom is 0.208 e. The Bertz CT molecular complexity index is 1110. The van der Waals surface area contributed by atoms with Crippen LogP contribution in [-0.2, 0) is 10.9 Å². The van der Waals surface area contributed by atoms with Crippen LogP contribution in [0.5, 0.6) is 11.5 Å². The first-order chi connectivity index (χ1) is 14.5. The van der Waals surface area contributed by atoms with Gasteiger partial charge in [-0.15, -0.1) is 0 Å². The third kappa shape index (κ3) is 4.29. The van der Waals surface area contributed by atoms with Crippen LogP contribution in [0.15, 0.2) is 106 Å². The van der Waals surface area contributed by atoms with Crippen LogP contribution in [0.25, 0.3) is 0 Å². The van der Waals surface area contributed by atoms with Crippen molar-refractivity contribution < 1.29 is 4.74 Å². The molecule has 0 saturated heterocycles. The molecule has 0 aliphatic heterocycles. The fourth-order valence-electron chi connectivity index (χ4n) is 3.53. The topological polar surface area (TPSA) is 9.23 Å². The summed E-state index contributed by atoms with van der Waals surface area (Å²) in [4.78, 5) is 3.92. The highest BCUT2D eigenvalue weighted by atomic mass is 32.2. The summed E-state index contributed by atoms with van der Waals surface area (Å²) >= 11 is 0. The summed E-state index contributed by atoms with van der Waals surface area (Å²) < 4.78 is 6.38. The molecule has 0 atom stereocenters. The number of hydrogen-bond acceptors (Lipinski definition) is 1. The second-order valence-electron chi connectivity index (χ2n) is 7.71. The van der Waals surface area contributed by atoms with Gasteiger partial charge < -0.3 is 4.74 Å². The molecule has 4 aromatic rings. The Balaban J connectivity index is 1.93. The second kappa shape index (κ2) is 8.81. The molecular formula is C28H27OS+. The van der Waals surface area contributed by atoms with E-state index in [9.17, 15) is 0 Å². The number of aryl methyl sites for hydroxylation is 4. The highest BCUT2D eigenvalue weighted by Gasteiger charge is 2.35. The van der Waals surface area contributed by atoms with E-state index in [1.54, 1.807) is 0 Å². The third-order valence-corrected chi connectivity index (χ3v) is 7.70. The number of benzene rings is 4. The standard InChI is InChI=1S/C28H27OS/c1-20-14-16-22(3)27(18-20)30(28-19-21(2)15-17-23(28)4)26-13-9-8-12-25(26)29-24-10-6-5-7-11-24/h5-19H,1-4H3/q+1. The maximum atomic E-state index is 6.38. The zero-order chi connectivity index (χ0) is 21.1. The Morgan fingerprint density at radius 2 is 1.07 bits per heavy atom. The molecule has 0 aliphatic rings. The van der Waals surface area contributed by atoms with Crippen LogP contribution in [0.4, 0.5) is 0 Å². The van der Waals surface area contributed by atoms with Crippen molar-refractivity contribution in [2.24, 2.45) is 0 Å². The number of para-hydroxylation sites is 2. The maximum absolute atomic E-state index is 6.38. The Morgan fingerprint density at radius 3 is 1.67 bits per heavy atom. The Kier molecular flexibility index (Phi) is 5.96. The minimum atomic E-state index is -0.269. The van der Waals surface area contributed by atoms with E-state index in [1.165, 1.54) is 36.9 Å². The van der Waals surface area contributed by atoms with E-state index in [-0.39, 0.29) is 10.9 Å². The molecule has 0 heterocycles. The highest BCUT2D eigenvalue weighted by Crippen LogP contribution is 2.41. The van der Waals surface area contributed by atoms with Crippen LogP contribution in [0.3, 0.4) is 0 Å². The summed E-state index contributed by atoms with van der Waals surface area (Å²) in [6.07, 6.45) is 0. The van der Waals surface area contributed by atoms with Crippen LogP contribution in [0, 0.1) is 27.7 Å². The lowest BCUT2D eigenvalue weighted by Crippen LogP contribution is -2.10. The zero-order valence-corrected chi connectivity index (χ0v) is 18.8. The van der Waals surface area contributed by atoms with Crippen molar-refractivity contribution in [1.82, 2.24) is 0 Å². The van der Waals surface area contributed by atoms with Gasteiger partial charge in [0.15, 0.2) is 15.5 Å². The van der Waals surface area contributed by atoms with Gasteiger partial charge in [-0.1, -0.05) is 54.6 Å². The molecule has 0 fully saturated rings. The molecule has 4 rings (SSSR count). The lowest BCUT2D eigenvalue weighted by atomic mass is 10.2. The highest BCUT2D eigenvalue weighted by molar-refractivity contribution is 7.97. The summed E-state index contributed by atoms with van der Waals surface area (Å²) in [7, 11) is -0.269. The average Bonchev–Trinajstić information content (AvgIpc) is 2.75. The molecule has 4 aromatic carbocycles. The van der Waals surface area contributed by atoms with E-state index in [0.29, 0.717) is 0 Å². The molecule has 0 amide bonds. The Morgan fingerprint density at radius 1 is 0.533 bits per heavy atom. The largest absolute Gasteiger partial charge is 0.452 e. The summed E-state index contributed by atoms with van der Waals surface area (Å²) in [6, 6.07) is 32.0. The fraction of sp³-hybridized carbons (Fsp3) is 0.143. The summed E-state index contributed by atoms with van der Waals surface area (Å²) in [5, 5.41) is 0. The van der Waals surface area contributed by atoms with Crippen molar-refractivity contribution in [1.29, 1.82) is 0 Å². The molecule has 30 heavy (non-hydrogen) atoms. The van der Waals surface area contributed by atoms with Gasteiger partial charge in [-0.25, -0.2) is 0 Å². The van der Waals surface area contributed by atoms with Crippen molar-refractivity contribution in [3.8, 4) is 11.5 Å². The third-order valence-electron chi connectivity index (χ3n) is 5.17. The normalized spacial score (nSPS) is 11.0. The van der Waals surface area contributed by atoms with Crippen molar-refractivity contribution in [3.05, 3.63) is 113 Å². The zero-order valence-electron chi connectivity index (χ0n) is 18.0. The fourth-order valence-corrected chi connectivity index (χ4v) is 6.15. The quantitative estimate of drug-likeness (QED) is 0.304. The van der Waals surface area contributed by atoms with Crippen LogP contribution >= 0.6 is 0 Å². The predicted molar refractivity (Wildman–Crippen MR) is 127 cm³/mol. The molecule has 0 aromatic heterocycles. The number of rotatable bonds is 5. The molecule has 0 saturated carbocycles. The van der Waals surface area contributed by atoms with Crippen molar-refractivity contribution >= 4 is 10.9 Å². The minimum absolute atomic E-state index is 0.269. The predicted octanol–water partition coefficient (Wildman–Crippen LogP) is 7.81. The van der Waals surface area contributed by atoms with E-state index in [1.807, 2.05) is 30.3 Å². The van der Waals surface area contributed by atoms with E-state index < -0.39 is 0 Å². The summed E-state index contributed by atoms with van der Waals surface area (Å²) in [5.41, 5.74) is 5.17. The molecule has 0 radical (unpaired) electrons. The van der Waals surface area contributed by atoms with Gasteiger partial charge in [0.1, 0.15) is 16.6 Å². The van der Waals surface area contributed by atoms with Gasteiger partial charge in [-0.3, -0.25) is 0 Å². The number of ether oxygens (including phenoxy) is 1. The lowest BCUT2D eigenvalue weighted by Gasteiger charge is -2.16. The van der Waals surface area contributed by atoms with Gasteiger partial charge in [0.05, 0.1) is 0 Å². The molecule has 0 spiro atoms. The monoisotopic (exact) mass is 411 g/mol. The minimum Gasteiger partial charge on any atom is -0.452 e. The van der Waals surface area contributed by atoms with Crippen molar-refractivity contribution in [3.63, 3.8) is 0 Å². The second-order valence-corrected chi connectivity index (χ2v) is 9.64. The van der Waals surface area contributed by atoms with Gasteiger partial charge >= 0.3 is 0 Å². The van der Waals surface area contributed by atoms with Crippen LogP contribution in [0.1, 0.15) is 22.3 Å². The number of hydrogen-bond donors (Lipinski definition) is 0. The van der Waals surface area contributed by atoms with E-state index in [4.69, 9.17) is 4.74 Å².